The Morgan fingerprint density at radius 1 is 0.973 bits per heavy atom. The fraction of sp³-hybridized carbons (Fsp3) is 0.308. The van der Waals surface area contributed by atoms with Gasteiger partial charge in [-0.1, -0.05) is 12.1 Å². The number of piperazine rings is 1. The van der Waals surface area contributed by atoms with Crippen LogP contribution in [0.5, 0.6) is 0 Å². The highest BCUT2D eigenvalue weighted by Crippen LogP contribution is 2.28. The second kappa shape index (κ2) is 9.49. The van der Waals surface area contributed by atoms with Crippen molar-refractivity contribution in [1.82, 2.24) is 29.7 Å². The Kier molecular flexibility index (Phi) is 6.20. The smallest absolute Gasteiger partial charge is 0.410 e. The number of nitrogens with two attached hydrogens (primary N) is 1. The summed E-state index contributed by atoms with van der Waals surface area (Å²) in [5.74, 6) is 0.354. The van der Waals surface area contributed by atoms with Crippen molar-refractivity contribution in [1.29, 1.82) is 0 Å². The van der Waals surface area contributed by atoms with Crippen LogP contribution in [0.3, 0.4) is 0 Å². The number of ether oxygens (including phenoxy) is 1. The van der Waals surface area contributed by atoms with Crippen LogP contribution in [0, 0.1) is 0 Å². The lowest BCUT2D eigenvalue weighted by atomic mass is 10.1. The molecule has 4 heterocycles. The van der Waals surface area contributed by atoms with Gasteiger partial charge in [0.25, 0.3) is 5.91 Å². The molecule has 3 aromatic heterocycles. The number of nitrogen functional groups attached to an aromatic ring is 1. The summed E-state index contributed by atoms with van der Waals surface area (Å²) >= 11 is 0. The molecule has 0 saturated carbocycles. The summed E-state index contributed by atoms with van der Waals surface area (Å²) in [5.41, 5.74) is 8.87. The molecule has 1 saturated heterocycles. The van der Waals surface area contributed by atoms with Gasteiger partial charge in [0.05, 0.1) is 18.1 Å². The van der Waals surface area contributed by atoms with Crippen molar-refractivity contribution < 1.29 is 18.7 Å². The summed E-state index contributed by atoms with van der Waals surface area (Å²) < 4.78 is 11.2. The van der Waals surface area contributed by atoms with E-state index in [1.807, 2.05) is 32.9 Å². The van der Waals surface area contributed by atoms with E-state index in [0.717, 1.165) is 5.56 Å². The molecule has 0 atom stereocenters. The summed E-state index contributed by atoms with van der Waals surface area (Å²) in [6, 6.07) is 8.84. The molecule has 4 aromatic rings. The lowest BCUT2D eigenvalue weighted by Crippen LogP contribution is -2.51. The number of oxazole rings is 1. The molecule has 11 heteroatoms. The highest BCUT2D eigenvalue weighted by atomic mass is 16.6. The zero-order chi connectivity index (χ0) is 26.2. The molecule has 0 bridgehead atoms. The van der Waals surface area contributed by atoms with Gasteiger partial charge >= 0.3 is 6.09 Å². The predicted octanol–water partition coefficient (Wildman–Crippen LogP) is 3.62. The van der Waals surface area contributed by atoms with E-state index in [0.29, 0.717) is 54.2 Å². The van der Waals surface area contributed by atoms with E-state index in [9.17, 15) is 9.59 Å². The zero-order valence-corrected chi connectivity index (χ0v) is 20.8. The number of hydrogen-bond donors (Lipinski definition) is 1. The van der Waals surface area contributed by atoms with E-state index in [2.05, 4.69) is 19.9 Å². The molecule has 1 fully saturated rings. The normalized spacial score (nSPS) is 14.1. The standard InChI is InChI=1S/C26H27N7O4/c1-26(2,3)37-25(35)33-12-10-32(11-13-33)24(34)17-6-4-16(5-7-17)18-15-29-22(27)21(30-18)23-31-19-14-28-9-8-20(19)36-23/h4-9,14-15H,10-13H2,1-3H3,(H2,27,29). The van der Waals surface area contributed by atoms with Crippen LogP contribution in [0.2, 0.25) is 0 Å². The number of nitrogens with zero attached hydrogens (tertiary/aromatic N) is 6. The Morgan fingerprint density at radius 2 is 1.68 bits per heavy atom. The van der Waals surface area contributed by atoms with Crippen LogP contribution in [0.15, 0.2) is 53.3 Å². The average Bonchev–Trinajstić information content (AvgIpc) is 3.32. The largest absolute Gasteiger partial charge is 0.444 e. The molecule has 37 heavy (non-hydrogen) atoms. The highest BCUT2D eigenvalue weighted by Gasteiger charge is 2.28. The fourth-order valence-electron chi connectivity index (χ4n) is 3.96. The first-order valence-electron chi connectivity index (χ1n) is 11.9. The third-order valence-electron chi connectivity index (χ3n) is 5.84. The number of benzene rings is 1. The molecule has 1 aliphatic rings. The topological polar surface area (TPSA) is 141 Å². The molecule has 190 valence electrons. The number of aromatic nitrogens is 4. The predicted molar refractivity (Wildman–Crippen MR) is 136 cm³/mol. The zero-order valence-electron chi connectivity index (χ0n) is 20.8. The van der Waals surface area contributed by atoms with Crippen LogP contribution in [-0.2, 0) is 4.74 Å². The van der Waals surface area contributed by atoms with Gasteiger partial charge in [0, 0.05) is 49.6 Å². The molecule has 0 aliphatic carbocycles. The maximum Gasteiger partial charge on any atom is 0.410 e. The van der Waals surface area contributed by atoms with Crippen LogP contribution in [0.4, 0.5) is 10.6 Å². The second-order valence-corrected chi connectivity index (χ2v) is 9.69. The van der Waals surface area contributed by atoms with Crippen LogP contribution in [0.25, 0.3) is 33.9 Å². The van der Waals surface area contributed by atoms with E-state index >= 15 is 0 Å². The molecule has 0 unspecified atom stereocenters. The summed E-state index contributed by atoms with van der Waals surface area (Å²) in [6.07, 6.45) is 4.42. The summed E-state index contributed by atoms with van der Waals surface area (Å²) in [7, 11) is 0. The monoisotopic (exact) mass is 501 g/mol. The molecule has 2 N–H and O–H groups in total. The van der Waals surface area contributed by atoms with Gasteiger partial charge in [0.1, 0.15) is 11.1 Å². The second-order valence-electron chi connectivity index (χ2n) is 9.69. The fourth-order valence-corrected chi connectivity index (χ4v) is 3.96. The lowest BCUT2D eigenvalue weighted by Gasteiger charge is -2.35. The first-order chi connectivity index (χ1) is 17.7. The van der Waals surface area contributed by atoms with E-state index in [-0.39, 0.29) is 23.7 Å². The van der Waals surface area contributed by atoms with Gasteiger partial charge in [-0.05, 0) is 32.9 Å². The number of carbonyl (C=O) groups excluding carboxylic acids is 2. The van der Waals surface area contributed by atoms with Crippen molar-refractivity contribution in [3.05, 3.63) is 54.5 Å². The molecule has 1 aromatic carbocycles. The van der Waals surface area contributed by atoms with Gasteiger partial charge in [-0.25, -0.2) is 19.7 Å². The van der Waals surface area contributed by atoms with E-state index in [4.69, 9.17) is 14.9 Å². The van der Waals surface area contributed by atoms with Gasteiger partial charge < -0.3 is 24.7 Å². The van der Waals surface area contributed by atoms with Crippen molar-refractivity contribution in [2.24, 2.45) is 0 Å². The minimum Gasteiger partial charge on any atom is -0.444 e. The summed E-state index contributed by atoms with van der Waals surface area (Å²) in [4.78, 5) is 46.0. The average molecular weight is 502 g/mol. The Balaban J connectivity index is 1.28. The number of amides is 2. The van der Waals surface area contributed by atoms with E-state index in [1.165, 1.54) is 0 Å². The first kappa shape index (κ1) is 24.2. The van der Waals surface area contributed by atoms with Gasteiger partial charge in [0.2, 0.25) is 5.89 Å². The third-order valence-corrected chi connectivity index (χ3v) is 5.84. The summed E-state index contributed by atoms with van der Waals surface area (Å²) in [6.45, 7) is 7.22. The molecule has 11 nitrogen and oxygen atoms in total. The number of fused-ring (bicyclic) bond motifs is 1. The lowest BCUT2D eigenvalue weighted by molar-refractivity contribution is 0.0141. The van der Waals surface area contributed by atoms with Crippen molar-refractivity contribution in [2.45, 2.75) is 26.4 Å². The van der Waals surface area contributed by atoms with Crippen LogP contribution in [0.1, 0.15) is 31.1 Å². The Morgan fingerprint density at radius 3 is 2.35 bits per heavy atom. The SMILES string of the molecule is CC(C)(C)OC(=O)N1CCN(C(=O)c2ccc(-c3cnc(N)c(-c4nc5cnccc5o4)n3)cc2)CC1. The molecule has 5 rings (SSSR count). The van der Waals surface area contributed by atoms with E-state index in [1.54, 1.807) is 46.6 Å². The van der Waals surface area contributed by atoms with Crippen molar-refractivity contribution in [3.8, 4) is 22.8 Å². The van der Waals surface area contributed by atoms with Crippen LogP contribution < -0.4 is 5.73 Å². The minimum atomic E-state index is -0.554. The van der Waals surface area contributed by atoms with Crippen molar-refractivity contribution in [2.75, 3.05) is 31.9 Å². The number of anilines is 1. The molecule has 0 radical (unpaired) electrons. The van der Waals surface area contributed by atoms with Crippen molar-refractivity contribution in [3.63, 3.8) is 0 Å². The Labute approximate surface area is 213 Å². The minimum absolute atomic E-state index is 0.0976. The Bertz CT molecular complexity index is 1420. The maximum atomic E-state index is 13.0. The van der Waals surface area contributed by atoms with Crippen LogP contribution in [-0.4, -0.2) is 73.5 Å². The van der Waals surface area contributed by atoms with E-state index < -0.39 is 5.60 Å². The Hall–Kier alpha value is -4.54. The number of rotatable bonds is 3. The molecule has 1 aliphatic heterocycles. The molecular formula is C26H27N7O4. The van der Waals surface area contributed by atoms with Crippen molar-refractivity contribution >= 4 is 28.9 Å². The van der Waals surface area contributed by atoms with Crippen LogP contribution >= 0.6 is 0 Å². The third kappa shape index (κ3) is 5.20. The van der Waals surface area contributed by atoms with Gasteiger partial charge in [-0.3, -0.25) is 9.78 Å². The number of pyridine rings is 1. The quantitative estimate of drug-likeness (QED) is 0.445. The number of hydrogen-bond acceptors (Lipinski definition) is 9. The van der Waals surface area contributed by atoms with Gasteiger partial charge in [-0.15, -0.1) is 0 Å². The van der Waals surface area contributed by atoms with Gasteiger partial charge in [-0.2, -0.15) is 0 Å². The molecule has 2 amide bonds. The molecular weight excluding hydrogens is 474 g/mol. The molecule has 0 spiro atoms. The summed E-state index contributed by atoms with van der Waals surface area (Å²) in [5, 5.41) is 0. The maximum absolute atomic E-state index is 13.0. The van der Waals surface area contributed by atoms with Gasteiger partial charge in [0.15, 0.2) is 17.1 Å². The first-order valence-corrected chi connectivity index (χ1v) is 11.9. The highest BCUT2D eigenvalue weighted by molar-refractivity contribution is 5.95. The number of carbonyl (C=O) groups is 2.